The largest absolute Gasteiger partial charge is 0.323 e. The van der Waals surface area contributed by atoms with Crippen LogP contribution in [0.25, 0.3) is 0 Å². The summed E-state index contributed by atoms with van der Waals surface area (Å²) in [5, 5.41) is 2.38. The Bertz CT molecular complexity index is 851. The normalized spacial score (nSPS) is 17.0. The van der Waals surface area contributed by atoms with Gasteiger partial charge in [-0.1, -0.05) is 12.1 Å². The lowest BCUT2D eigenvalue weighted by Gasteiger charge is -2.20. The Labute approximate surface area is 144 Å². The monoisotopic (exact) mass is 344 g/mol. The van der Waals surface area contributed by atoms with Crippen LogP contribution in [0, 0.1) is 31.4 Å². The molecular weight excluding hydrogens is 326 g/mol. The summed E-state index contributed by atoms with van der Waals surface area (Å²) in [6, 6.07) is 8.56. The Hall–Kier alpha value is -2.76. The lowest BCUT2D eigenvalue weighted by atomic mass is 10.1. The first-order valence-electron chi connectivity index (χ1n) is 8.02. The van der Waals surface area contributed by atoms with E-state index >= 15 is 0 Å². The molecule has 1 fully saturated rings. The van der Waals surface area contributed by atoms with E-state index in [9.17, 15) is 18.4 Å². The average molecular weight is 344 g/mol. The number of carbonyl (C=O) groups excluding carboxylic acids is 2. The summed E-state index contributed by atoms with van der Waals surface area (Å²) < 4.78 is 26.6. The second-order valence-corrected chi connectivity index (χ2v) is 6.16. The minimum Gasteiger partial charge on any atom is -0.323 e. The fraction of sp³-hybridized carbons (Fsp3) is 0.263. The summed E-state index contributed by atoms with van der Waals surface area (Å²) in [7, 11) is 0. The van der Waals surface area contributed by atoms with Gasteiger partial charge in [0.1, 0.15) is 17.6 Å². The first kappa shape index (κ1) is 17.1. The molecule has 3 rings (SSSR count). The quantitative estimate of drug-likeness (QED) is 0.866. The highest BCUT2D eigenvalue weighted by Crippen LogP contribution is 2.30. The number of carbonyl (C=O) groups is 2. The predicted molar refractivity (Wildman–Crippen MR) is 91.4 cm³/mol. The molecule has 0 aliphatic carbocycles. The third kappa shape index (κ3) is 3.24. The molecule has 0 radical (unpaired) electrons. The van der Waals surface area contributed by atoms with E-state index < -0.39 is 23.5 Å². The summed E-state index contributed by atoms with van der Waals surface area (Å²) in [6.45, 7) is 4.31. The topological polar surface area (TPSA) is 49.4 Å². The standard InChI is InChI=1S/C19H18F2N2O2/c1-11-4-3-5-17(12(11)2)23-9-8-14(19(23)25)18(24)22-16-7-6-13(20)10-15(16)21/h3-7,10,14H,8-9H2,1-2H3,(H,22,24). The average Bonchev–Trinajstić information content (AvgIpc) is 2.94. The number of aryl methyl sites for hydroxylation is 1. The smallest absolute Gasteiger partial charge is 0.239 e. The summed E-state index contributed by atoms with van der Waals surface area (Å²) in [5.74, 6) is -3.37. The third-order valence-corrected chi connectivity index (χ3v) is 4.58. The molecule has 2 amide bonds. The summed E-state index contributed by atoms with van der Waals surface area (Å²) >= 11 is 0. The van der Waals surface area contributed by atoms with E-state index in [1.807, 2.05) is 32.0 Å². The van der Waals surface area contributed by atoms with Crippen LogP contribution in [0.1, 0.15) is 17.5 Å². The van der Waals surface area contributed by atoms with Crippen LogP contribution in [-0.4, -0.2) is 18.4 Å². The van der Waals surface area contributed by atoms with Crippen molar-refractivity contribution in [3.63, 3.8) is 0 Å². The fourth-order valence-corrected chi connectivity index (χ4v) is 3.00. The Morgan fingerprint density at radius 3 is 2.68 bits per heavy atom. The van der Waals surface area contributed by atoms with Gasteiger partial charge in [0.25, 0.3) is 0 Å². The minimum atomic E-state index is -0.885. The van der Waals surface area contributed by atoms with Crippen molar-refractivity contribution < 1.29 is 18.4 Å². The molecule has 0 bridgehead atoms. The number of halogens is 2. The summed E-state index contributed by atoms with van der Waals surface area (Å²) in [6.07, 6.45) is 0.348. The van der Waals surface area contributed by atoms with Gasteiger partial charge in [0.15, 0.2) is 0 Å². The van der Waals surface area contributed by atoms with Gasteiger partial charge in [0.05, 0.1) is 5.69 Å². The molecule has 1 unspecified atom stereocenters. The maximum absolute atomic E-state index is 13.7. The molecule has 2 aromatic carbocycles. The fourth-order valence-electron chi connectivity index (χ4n) is 3.00. The van der Waals surface area contributed by atoms with Gasteiger partial charge in [-0.2, -0.15) is 0 Å². The van der Waals surface area contributed by atoms with Crippen LogP contribution in [-0.2, 0) is 9.59 Å². The number of benzene rings is 2. The van der Waals surface area contributed by atoms with Gasteiger partial charge < -0.3 is 10.2 Å². The maximum Gasteiger partial charge on any atom is 0.239 e. The molecule has 1 aliphatic rings. The number of hydrogen-bond acceptors (Lipinski definition) is 2. The van der Waals surface area contributed by atoms with Gasteiger partial charge >= 0.3 is 0 Å². The molecule has 1 aliphatic heterocycles. The number of amides is 2. The molecule has 130 valence electrons. The summed E-state index contributed by atoms with van der Waals surface area (Å²) in [4.78, 5) is 26.6. The van der Waals surface area contributed by atoms with Crippen LogP contribution in [0.15, 0.2) is 36.4 Å². The molecule has 0 saturated carbocycles. The summed E-state index contributed by atoms with van der Waals surface area (Å²) in [5.41, 5.74) is 2.70. The number of rotatable bonds is 3. The van der Waals surface area contributed by atoms with Gasteiger partial charge in [-0.15, -0.1) is 0 Å². The predicted octanol–water partition coefficient (Wildman–Crippen LogP) is 3.57. The van der Waals surface area contributed by atoms with E-state index in [1.165, 1.54) is 0 Å². The zero-order valence-corrected chi connectivity index (χ0v) is 14.0. The molecule has 0 spiro atoms. The van der Waals surface area contributed by atoms with Gasteiger partial charge in [-0.05, 0) is 49.6 Å². The molecule has 4 nitrogen and oxygen atoms in total. The van der Waals surface area contributed by atoms with Crippen molar-refractivity contribution in [2.75, 3.05) is 16.8 Å². The highest BCUT2D eigenvalue weighted by atomic mass is 19.1. The lowest BCUT2D eigenvalue weighted by molar-refractivity contribution is -0.129. The zero-order valence-electron chi connectivity index (χ0n) is 14.0. The first-order valence-corrected chi connectivity index (χ1v) is 8.02. The molecule has 1 saturated heterocycles. The van der Waals surface area contributed by atoms with E-state index in [1.54, 1.807) is 4.90 Å². The van der Waals surface area contributed by atoms with Crippen molar-refractivity contribution in [1.82, 2.24) is 0 Å². The number of nitrogens with one attached hydrogen (secondary N) is 1. The SMILES string of the molecule is Cc1cccc(N2CCC(C(=O)Nc3ccc(F)cc3F)C2=O)c1C. The van der Waals surface area contributed by atoms with E-state index in [0.29, 0.717) is 19.0 Å². The molecule has 1 heterocycles. The number of anilines is 2. The van der Waals surface area contributed by atoms with E-state index in [-0.39, 0.29) is 11.6 Å². The minimum absolute atomic E-state index is 0.135. The highest BCUT2D eigenvalue weighted by molar-refractivity contribution is 6.13. The van der Waals surface area contributed by atoms with Crippen molar-refractivity contribution >= 4 is 23.2 Å². The second-order valence-electron chi connectivity index (χ2n) is 6.16. The maximum atomic E-state index is 13.7. The van der Waals surface area contributed by atoms with Gasteiger partial charge in [0, 0.05) is 18.3 Å². The van der Waals surface area contributed by atoms with Crippen LogP contribution in [0.5, 0.6) is 0 Å². The van der Waals surface area contributed by atoms with Gasteiger partial charge in [-0.25, -0.2) is 8.78 Å². The zero-order chi connectivity index (χ0) is 18.1. The van der Waals surface area contributed by atoms with Crippen molar-refractivity contribution in [2.45, 2.75) is 20.3 Å². The van der Waals surface area contributed by atoms with E-state index in [0.717, 1.165) is 28.9 Å². The van der Waals surface area contributed by atoms with Gasteiger partial charge in [0.2, 0.25) is 11.8 Å². The Kier molecular flexibility index (Phi) is 4.53. The molecule has 2 aromatic rings. The molecular formula is C19H18F2N2O2. The number of nitrogens with zero attached hydrogens (tertiary/aromatic N) is 1. The van der Waals surface area contributed by atoms with Crippen molar-refractivity contribution in [2.24, 2.45) is 5.92 Å². The van der Waals surface area contributed by atoms with E-state index in [4.69, 9.17) is 0 Å². The Morgan fingerprint density at radius 1 is 1.20 bits per heavy atom. The molecule has 25 heavy (non-hydrogen) atoms. The third-order valence-electron chi connectivity index (χ3n) is 4.58. The van der Waals surface area contributed by atoms with Crippen LogP contribution in [0.3, 0.4) is 0 Å². The molecule has 0 aromatic heterocycles. The van der Waals surface area contributed by atoms with Crippen molar-refractivity contribution in [3.8, 4) is 0 Å². The van der Waals surface area contributed by atoms with Crippen LogP contribution in [0.2, 0.25) is 0 Å². The Balaban J connectivity index is 1.77. The molecule has 6 heteroatoms. The Morgan fingerprint density at radius 2 is 1.96 bits per heavy atom. The van der Waals surface area contributed by atoms with Gasteiger partial charge in [-0.3, -0.25) is 9.59 Å². The first-order chi connectivity index (χ1) is 11.9. The van der Waals surface area contributed by atoms with Crippen LogP contribution in [0.4, 0.5) is 20.2 Å². The lowest BCUT2D eigenvalue weighted by Crippen LogP contribution is -2.33. The molecule has 1 atom stereocenters. The second kappa shape index (κ2) is 6.63. The van der Waals surface area contributed by atoms with Crippen LogP contribution < -0.4 is 10.2 Å². The number of hydrogen-bond donors (Lipinski definition) is 1. The van der Waals surface area contributed by atoms with Crippen molar-refractivity contribution in [3.05, 3.63) is 59.2 Å². The molecule has 1 N–H and O–H groups in total. The van der Waals surface area contributed by atoms with Crippen molar-refractivity contribution in [1.29, 1.82) is 0 Å². The highest BCUT2D eigenvalue weighted by Gasteiger charge is 2.38. The van der Waals surface area contributed by atoms with E-state index in [2.05, 4.69) is 5.32 Å². The van der Waals surface area contributed by atoms with Crippen LogP contribution >= 0.6 is 0 Å².